The van der Waals surface area contributed by atoms with E-state index in [9.17, 15) is 18.8 Å². The molecule has 0 spiro atoms. The number of benzene rings is 3. The maximum Gasteiger partial charge on any atom is 0.242 e. The van der Waals surface area contributed by atoms with Gasteiger partial charge >= 0.3 is 0 Å². The van der Waals surface area contributed by atoms with Crippen molar-refractivity contribution in [2.24, 2.45) is 0 Å². The Kier molecular flexibility index (Phi) is 6.75. The Hall–Kier alpha value is -2.89. The molecule has 3 aromatic carbocycles. The first-order valence-electron chi connectivity index (χ1n) is 8.99. The van der Waals surface area contributed by atoms with Gasteiger partial charge in [-0.2, -0.15) is 9.57 Å². The number of aliphatic hydroxyl groups is 1. The summed E-state index contributed by atoms with van der Waals surface area (Å²) in [4.78, 5) is 0.0595. The van der Waals surface area contributed by atoms with Gasteiger partial charge in [0.25, 0.3) is 0 Å². The molecule has 3 rings (SSSR count). The number of rotatable bonds is 7. The first kappa shape index (κ1) is 21.8. The third kappa shape index (κ3) is 4.81. The Morgan fingerprint density at radius 3 is 2.37 bits per heavy atom. The minimum Gasteiger partial charge on any atom is -0.456 e. The molecule has 1 N–H and O–H groups in total. The van der Waals surface area contributed by atoms with E-state index in [2.05, 4.69) is 0 Å². The van der Waals surface area contributed by atoms with Gasteiger partial charge in [-0.05, 0) is 42.0 Å². The number of nitrogens with zero attached hydrogens (tertiary/aromatic N) is 2. The Labute approximate surface area is 180 Å². The molecule has 0 aliphatic rings. The number of halogens is 1. The molecule has 0 aromatic heterocycles. The lowest BCUT2D eigenvalue weighted by Crippen LogP contribution is -2.31. The van der Waals surface area contributed by atoms with Gasteiger partial charge in [0.2, 0.25) is 10.0 Å². The van der Waals surface area contributed by atoms with Gasteiger partial charge in [-0.25, -0.2) is 8.42 Å². The third-order valence-corrected chi connectivity index (χ3v) is 6.61. The van der Waals surface area contributed by atoms with E-state index in [0.717, 1.165) is 4.31 Å². The van der Waals surface area contributed by atoms with Crippen LogP contribution in [0.5, 0.6) is 11.5 Å². The zero-order valence-electron chi connectivity index (χ0n) is 16.1. The van der Waals surface area contributed by atoms with Crippen LogP contribution in [-0.2, 0) is 10.0 Å². The highest BCUT2D eigenvalue weighted by atomic mass is 35.5. The molecule has 3 aromatic rings. The molecule has 0 amide bonds. The van der Waals surface area contributed by atoms with Gasteiger partial charge in [0.1, 0.15) is 23.1 Å². The summed E-state index contributed by atoms with van der Waals surface area (Å²) in [6, 6.07) is 21.5. The summed E-state index contributed by atoms with van der Waals surface area (Å²) >= 11 is 5.99. The normalized spacial score (nSPS) is 12.4. The van der Waals surface area contributed by atoms with Crippen molar-refractivity contribution in [2.75, 3.05) is 13.6 Å². The molecule has 1 atom stereocenters. The number of sulfonamides is 1. The van der Waals surface area contributed by atoms with Crippen LogP contribution in [0.4, 0.5) is 0 Å². The van der Waals surface area contributed by atoms with Crippen LogP contribution in [-0.4, -0.2) is 31.4 Å². The van der Waals surface area contributed by atoms with Crippen LogP contribution >= 0.6 is 11.6 Å². The van der Waals surface area contributed by atoms with Gasteiger partial charge in [-0.15, -0.1) is 0 Å². The van der Waals surface area contributed by atoms with Crippen LogP contribution < -0.4 is 4.74 Å². The molecule has 8 heteroatoms. The van der Waals surface area contributed by atoms with Crippen LogP contribution in [0, 0.1) is 11.3 Å². The van der Waals surface area contributed by atoms with Gasteiger partial charge in [-0.3, -0.25) is 0 Å². The van der Waals surface area contributed by atoms with Gasteiger partial charge in [0.05, 0.1) is 16.0 Å². The van der Waals surface area contributed by atoms with Crippen molar-refractivity contribution >= 4 is 21.6 Å². The van der Waals surface area contributed by atoms with E-state index in [1.807, 2.05) is 12.1 Å². The number of ether oxygens (including phenoxy) is 1. The molecule has 0 aliphatic carbocycles. The molecule has 0 aliphatic heterocycles. The SMILES string of the molecule is CN(CC(O)c1ccccc1)S(=O)(=O)c1ccc(Oc2cccc(Cl)c2C#N)cc1. The zero-order chi connectivity index (χ0) is 21.7. The highest BCUT2D eigenvalue weighted by molar-refractivity contribution is 7.89. The summed E-state index contributed by atoms with van der Waals surface area (Å²) in [5.41, 5.74) is 0.837. The van der Waals surface area contributed by atoms with Gasteiger partial charge in [0.15, 0.2) is 0 Å². The fourth-order valence-electron chi connectivity index (χ4n) is 2.81. The lowest BCUT2D eigenvalue weighted by molar-refractivity contribution is 0.155. The lowest BCUT2D eigenvalue weighted by atomic mass is 10.1. The predicted molar refractivity (Wildman–Crippen MR) is 114 cm³/mol. The molecule has 30 heavy (non-hydrogen) atoms. The summed E-state index contributed by atoms with van der Waals surface area (Å²) < 4.78 is 32.4. The molecule has 0 saturated carbocycles. The van der Waals surface area contributed by atoms with Gasteiger partial charge in [-0.1, -0.05) is 48.0 Å². The summed E-state index contributed by atoms with van der Waals surface area (Å²) in [5, 5.41) is 19.8. The Balaban J connectivity index is 1.75. The minimum absolute atomic E-state index is 0.0595. The summed E-state index contributed by atoms with van der Waals surface area (Å²) in [7, 11) is -2.39. The van der Waals surface area contributed by atoms with E-state index in [1.54, 1.807) is 42.5 Å². The van der Waals surface area contributed by atoms with E-state index in [-0.39, 0.29) is 27.8 Å². The third-order valence-electron chi connectivity index (χ3n) is 4.46. The molecule has 1 unspecified atom stereocenters. The van der Waals surface area contributed by atoms with Crippen molar-refractivity contribution in [2.45, 2.75) is 11.0 Å². The average molecular weight is 443 g/mol. The van der Waals surface area contributed by atoms with E-state index >= 15 is 0 Å². The Bertz CT molecular complexity index is 1160. The first-order valence-corrected chi connectivity index (χ1v) is 10.8. The molecular weight excluding hydrogens is 424 g/mol. The fourth-order valence-corrected chi connectivity index (χ4v) is 4.19. The van der Waals surface area contributed by atoms with E-state index < -0.39 is 16.1 Å². The largest absolute Gasteiger partial charge is 0.456 e. The van der Waals surface area contributed by atoms with Crippen LogP contribution in [0.2, 0.25) is 5.02 Å². The maximum atomic E-state index is 12.8. The second-order valence-corrected chi connectivity index (χ2v) is 8.96. The smallest absolute Gasteiger partial charge is 0.242 e. The van der Waals surface area contributed by atoms with Crippen molar-refractivity contribution in [1.82, 2.24) is 4.31 Å². The number of nitriles is 1. The molecule has 0 bridgehead atoms. The fraction of sp³-hybridized carbons (Fsp3) is 0.136. The van der Waals surface area contributed by atoms with E-state index in [1.165, 1.54) is 31.3 Å². The van der Waals surface area contributed by atoms with E-state index in [4.69, 9.17) is 16.3 Å². The van der Waals surface area contributed by atoms with Gasteiger partial charge < -0.3 is 9.84 Å². The average Bonchev–Trinajstić information content (AvgIpc) is 2.75. The molecule has 0 heterocycles. The zero-order valence-corrected chi connectivity index (χ0v) is 17.6. The molecule has 6 nitrogen and oxygen atoms in total. The van der Waals surface area contributed by atoms with Crippen LogP contribution in [0.15, 0.2) is 77.7 Å². The monoisotopic (exact) mass is 442 g/mol. The van der Waals surface area contributed by atoms with Crippen molar-refractivity contribution < 1.29 is 18.3 Å². The molecule has 154 valence electrons. The van der Waals surface area contributed by atoms with Crippen molar-refractivity contribution in [3.8, 4) is 17.6 Å². The van der Waals surface area contributed by atoms with Crippen molar-refractivity contribution in [3.63, 3.8) is 0 Å². The maximum absolute atomic E-state index is 12.8. The van der Waals surface area contributed by atoms with E-state index in [0.29, 0.717) is 11.3 Å². The van der Waals surface area contributed by atoms with Crippen LogP contribution in [0.25, 0.3) is 0 Å². The number of likely N-dealkylation sites (N-methyl/N-ethyl adjacent to an activating group) is 1. The minimum atomic E-state index is -3.81. The Morgan fingerprint density at radius 2 is 1.73 bits per heavy atom. The summed E-state index contributed by atoms with van der Waals surface area (Å²) in [6.45, 7) is -0.0847. The van der Waals surface area contributed by atoms with Crippen molar-refractivity contribution in [3.05, 3.63) is 88.9 Å². The van der Waals surface area contributed by atoms with Crippen LogP contribution in [0.3, 0.4) is 0 Å². The quantitative estimate of drug-likeness (QED) is 0.587. The highest BCUT2D eigenvalue weighted by Gasteiger charge is 2.24. The second-order valence-electron chi connectivity index (χ2n) is 6.51. The van der Waals surface area contributed by atoms with Gasteiger partial charge in [0, 0.05) is 13.6 Å². The summed E-state index contributed by atoms with van der Waals surface area (Å²) in [5.74, 6) is 0.642. The van der Waals surface area contributed by atoms with Crippen LogP contribution in [0.1, 0.15) is 17.2 Å². The molecular formula is C22H19ClN2O4S. The molecule has 0 saturated heterocycles. The topological polar surface area (TPSA) is 90.6 Å². The first-order chi connectivity index (χ1) is 14.3. The standard InChI is InChI=1S/C22H19ClN2O4S/c1-25(15-21(26)16-6-3-2-4-7-16)30(27,28)18-12-10-17(11-13-18)29-22-9-5-8-20(23)19(22)14-24/h2-13,21,26H,15H2,1H3. The lowest BCUT2D eigenvalue weighted by Gasteiger charge is -2.21. The second kappa shape index (κ2) is 9.28. The number of hydrogen-bond donors (Lipinski definition) is 1. The van der Waals surface area contributed by atoms with Crippen molar-refractivity contribution in [1.29, 1.82) is 5.26 Å². The number of aliphatic hydroxyl groups excluding tert-OH is 1. The predicted octanol–water partition coefficient (Wildman–Crippen LogP) is 4.36. The summed E-state index contributed by atoms with van der Waals surface area (Å²) in [6.07, 6.45) is -0.944. The molecule has 0 fully saturated rings. The highest BCUT2D eigenvalue weighted by Crippen LogP contribution is 2.30. The Morgan fingerprint density at radius 1 is 1.07 bits per heavy atom. The molecule has 0 radical (unpaired) electrons. The number of hydrogen-bond acceptors (Lipinski definition) is 5.